The van der Waals surface area contributed by atoms with E-state index in [1.807, 2.05) is 0 Å². The Bertz CT molecular complexity index is 567. The number of rotatable bonds is 1. The first-order chi connectivity index (χ1) is 6.58. The van der Waals surface area contributed by atoms with Crippen molar-refractivity contribution in [2.45, 2.75) is 6.92 Å². The zero-order valence-corrected chi connectivity index (χ0v) is 7.27. The Morgan fingerprint density at radius 2 is 2.36 bits per heavy atom. The number of aromatic carboxylic acids is 1. The normalized spacial score (nSPS) is 10.6. The van der Waals surface area contributed by atoms with E-state index in [9.17, 15) is 14.7 Å². The molecular weight excluding hydrogens is 186 g/mol. The third-order valence-corrected chi connectivity index (χ3v) is 1.89. The molecule has 6 nitrogen and oxygen atoms in total. The molecule has 0 radical (unpaired) electrons. The van der Waals surface area contributed by atoms with Gasteiger partial charge < -0.3 is 9.90 Å². The summed E-state index contributed by atoms with van der Waals surface area (Å²) in [6.07, 6.45) is 1.27. The summed E-state index contributed by atoms with van der Waals surface area (Å²) in [7, 11) is 0. The Hall–Kier alpha value is -2.11. The molecule has 2 rings (SSSR count). The third-order valence-electron chi connectivity index (χ3n) is 1.89. The van der Waals surface area contributed by atoms with Gasteiger partial charge in [0.1, 0.15) is 0 Å². The van der Waals surface area contributed by atoms with E-state index in [0.29, 0.717) is 11.3 Å². The average Bonchev–Trinajstić information content (AvgIpc) is 2.42. The maximum Gasteiger partial charge on any atom is 0.266 e. The van der Waals surface area contributed by atoms with Crippen molar-refractivity contribution in [1.29, 1.82) is 0 Å². The lowest BCUT2D eigenvalue weighted by molar-refractivity contribution is -0.255. The molecule has 0 spiro atoms. The molecule has 0 atom stereocenters. The number of hydrogen-bond acceptors (Lipinski definition) is 4. The van der Waals surface area contributed by atoms with Crippen LogP contribution in [0.2, 0.25) is 0 Å². The number of nitrogens with one attached hydrogen (secondary N) is 1. The zero-order chi connectivity index (χ0) is 10.3. The first kappa shape index (κ1) is 8.49. The van der Waals surface area contributed by atoms with E-state index in [4.69, 9.17) is 0 Å². The van der Waals surface area contributed by atoms with Crippen LogP contribution in [0.5, 0.6) is 0 Å². The standard InChI is InChI=1S/C8H7N3O3/c1-4-5(8(13)14)3-11-6(9-4)2-7(12)10-11/h2-3H,1H3,(H,10,12)(H,13,14)/p-1. The molecule has 1 N–H and O–H groups in total. The van der Waals surface area contributed by atoms with E-state index in [-0.39, 0.29) is 11.1 Å². The van der Waals surface area contributed by atoms with Crippen LogP contribution in [0.1, 0.15) is 16.1 Å². The minimum absolute atomic E-state index is 0.0376. The largest absolute Gasteiger partial charge is 0.545 e. The van der Waals surface area contributed by atoms with Crippen LogP contribution in [0.4, 0.5) is 0 Å². The van der Waals surface area contributed by atoms with Crippen molar-refractivity contribution in [3.8, 4) is 0 Å². The molecule has 0 amide bonds. The number of carboxylic acids is 1. The second kappa shape index (κ2) is 2.69. The predicted octanol–water partition coefficient (Wildman–Crippen LogP) is -1.31. The molecular formula is C8H6N3O3-. The lowest BCUT2D eigenvalue weighted by Crippen LogP contribution is -2.24. The summed E-state index contributed by atoms with van der Waals surface area (Å²) in [5, 5.41) is 13.0. The average molecular weight is 192 g/mol. The maximum absolute atomic E-state index is 10.9. The molecule has 72 valence electrons. The smallest absolute Gasteiger partial charge is 0.266 e. The summed E-state index contributed by atoms with van der Waals surface area (Å²) in [5.41, 5.74) is 0.346. The molecule has 14 heavy (non-hydrogen) atoms. The van der Waals surface area contributed by atoms with Crippen molar-refractivity contribution < 1.29 is 9.90 Å². The maximum atomic E-state index is 10.9. The molecule has 2 heterocycles. The Balaban J connectivity index is 2.82. The Morgan fingerprint density at radius 1 is 1.64 bits per heavy atom. The van der Waals surface area contributed by atoms with Crippen molar-refractivity contribution in [1.82, 2.24) is 14.6 Å². The van der Waals surface area contributed by atoms with E-state index < -0.39 is 5.97 Å². The molecule has 0 aliphatic rings. The Kier molecular flexibility index (Phi) is 1.63. The highest BCUT2D eigenvalue weighted by Gasteiger charge is 2.04. The van der Waals surface area contributed by atoms with Crippen molar-refractivity contribution >= 4 is 11.6 Å². The van der Waals surface area contributed by atoms with Crippen LogP contribution in [-0.4, -0.2) is 20.6 Å². The fraction of sp³-hybridized carbons (Fsp3) is 0.125. The molecule has 0 saturated heterocycles. The van der Waals surface area contributed by atoms with E-state index in [0.717, 1.165) is 0 Å². The summed E-state index contributed by atoms with van der Waals surface area (Å²) in [6, 6.07) is 1.28. The molecule has 6 heteroatoms. The van der Waals surface area contributed by atoms with Gasteiger partial charge in [-0.05, 0) is 6.92 Å². The van der Waals surface area contributed by atoms with E-state index in [1.165, 1.54) is 16.8 Å². The molecule has 2 aromatic heterocycles. The highest BCUT2D eigenvalue weighted by Crippen LogP contribution is 2.04. The Morgan fingerprint density at radius 3 is 3.00 bits per heavy atom. The topological polar surface area (TPSA) is 90.3 Å². The van der Waals surface area contributed by atoms with Gasteiger partial charge in [-0.3, -0.25) is 9.89 Å². The second-order valence-corrected chi connectivity index (χ2v) is 2.88. The van der Waals surface area contributed by atoms with Gasteiger partial charge in [-0.1, -0.05) is 0 Å². The summed E-state index contributed by atoms with van der Waals surface area (Å²) in [4.78, 5) is 25.4. The van der Waals surface area contributed by atoms with Crippen molar-refractivity contribution in [3.05, 3.63) is 33.9 Å². The van der Waals surface area contributed by atoms with Gasteiger partial charge in [0.2, 0.25) is 0 Å². The van der Waals surface area contributed by atoms with Gasteiger partial charge >= 0.3 is 0 Å². The molecule has 0 aliphatic carbocycles. The summed E-state index contributed by atoms with van der Waals surface area (Å²) < 4.78 is 1.25. The lowest BCUT2D eigenvalue weighted by atomic mass is 10.2. The number of hydrogen-bond donors (Lipinski definition) is 1. The first-order valence-electron chi connectivity index (χ1n) is 3.88. The van der Waals surface area contributed by atoms with Crippen molar-refractivity contribution in [2.24, 2.45) is 0 Å². The van der Waals surface area contributed by atoms with Gasteiger partial charge in [-0.2, -0.15) is 0 Å². The quantitative estimate of drug-likeness (QED) is 0.607. The van der Waals surface area contributed by atoms with Crippen LogP contribution in [0, 0.1) is 6.92 Å². The molecule has 0 saturated carbocycles. The van der Waals surface area contributed by atoms with Crippen LogP contribution >= 0.6 is 0 Å². The molecule has 0 aromatic carbocycles. The Labute approximate surface area is 77.8 Å². The van der Waals surface area contributed by atoms with Crippen molar-refractivity contribution in [3.63, 3.8) is 0 Å². The predicted molar refractivity (Wildman–Crippen MR) is 44.9 cm³/mol. The van der Waals surface area contributed by atoms with Crippen LogP contribution in [0.25, 0.3) is 5.65 Å². The minimum atomic E-state index is -1.31. The summed E-state index contributed by atoms with van der Waals surface area (Å²) in [5.74, 6) is -1.31. The third kappa shape index (κ3) is 1.17. The van der Waals surface area contributed by atoms with Crippen molar-refractivity contribution in [2.75, 3.05) is 0 Å². The fourth-order valence-electron chi connectivity index (χ4n) is 1.23. The molecule has 0 unspecified atom stereocenters. The van der Waals surface area contributed by atoms with E-state index in [1.54, 1.807) is 6.92 Å². The van der Waals surface area contributed by atoms with Crippen LogP contribution in [-0.2, 0) is 0 Å². The number of aromatic nitrogens is 3. The SMILES string of the molecule is Cc1nc2cc(=O)[nH]n2cc1C(=O)[O-]. The summed E-state index contributed by atoms with van der Waals surface area (Å²) in [6.45, 7) is 1.54. The van der Waals surface area contributed by atoms with E-state index in [2.05, 4.69) is 10.1 Å². The fourth-order valence-corrected chi connectivity index (χ4v) is 1.23. The highest BCUT2D eigenvalue weighted by molar-refractivity contribution is 5.86. The number of aromatic amines is 1. The number of carbonyl (C=O) groups is 1. The minimum Gasteiger partial charge on any atom is -0.545 e. The van der Waals surface area contributed by atoms with Crippen LogP contribution in [0.3, 0.4) is 0 Å². The van der Waals surface area contributed by atoms with Gasteiger partial charge in [0, 0.05) is 17.8 Å². The first-order valence-corrected chi connectivity index (χ1v) is 3.88. The van der Waals surface area contributed by atoms with Gasteiger partial charge in [0.25, 0.3) is 5.56 Å². The highest BCUT2D eigenvalue weighted by atomic mass is 16.4. The number of H-pyrrole nitrogens is 1. The van der Waals surface area contributed by atoms with Gasteiger partial charge in [0.15, 0.2) is 5.65 Å². The summed E-state index contributed by atoms with van der Waals surface area (Å²) >= 11 is 0. The second-order valence-electron chi connectivity index (χ2n) is 2.88. The van der Waals surface area contributed by atoms with Gasteiger partial charge in [0.05, 0.1) is 11.7 Å². The van der Waals surface area contributed by atoms with Gasteiger partial charge in [-0.25, -0.2) is 9.50 Å². The molecule has 0 bridgehead atoms. The lowest BCUT2D eigenvalue weighted by Gasteiger charge is -2.05. The number of carboxylic acid groups (broad SMARTS) is 1. The number of aryl methyl sites for hydroxylation is 1. The number of nitrogens with zero attached hydrogens (tertiary/aromatic N) is 2. The zero-order valence-electron chi connectivity index (χ0n) is 7.27. The van der Waals surface area contributed by atoms with Crippen LogP contribution < -0.4 is 10.7 Å². The van der Waals surface area contributed by atoms with E-state index >= 15 is 0 Å². The molecule has 0 fully saturated rings. The number of fused-ring (bicyclic) bond motifs is 1. The molecule has 2 aromatic rings. The molecule has 0 aliphatic heterocycles. The monoisotopic (exact) mass is 192 g/mol. The van der Waals surface area contributed by atoms with Gasteiger partial charge in [-0.15, -0.1) is 0 Å². The van der Waals surface area contributed by atoms with Crippen LogP contribution in [0.15, 0.2) is 17.1 Å². The number of carbonyl (C=O) groups excluding carboxylic acids is 1.